The highest BCUT2D eigenvalue weighted by Gasteiger charge is 2.33. The van der Waals surface area contributed by atoms with Crippen LogP contribution in [0.5, 0.6) is 0 Å². The molecule has 0 bridgehead atoms. The number of para-hydroxylation sites is 1. The van der Waals surface area contributed by atoms with E-state index in [2.05, 4.69) is 270 Å². The van der Waals surface area contributed by atoms with E-state index in [4.69, 9.17) is 15.0 Å². The number of nitrogens with zero attached hydrogens (tertiary/aromatic N) is 5. The first-order valence-corrected chi connectivity index (χ1v) is 28.4. The minimum absolute atomic E-state index is 0.574. The van der Waals surface area contributed by atoms with Crippen LogP contribution in [0.25, 0.3) is 111 Å². The number of benzene rings is 12. The maximum Gasteiger partial charge on any atom is 0.238 e. The van der Waals surface area contributed by atoms with Crippen molar-refractivity contribution in [3.05, 3.63) is 297 Å². The van der Waals surface area contributed by atoms with Crippen LogP contribution in [0.4, 0.5) is 0 Å². The Hall–Kier alpha value is -10.1. The predicted octanol–water partition coefficient (Wildman–Crippen LogP) is 19.2. The molecule has 0 aliphatic carbocycles. The third-order valence-corrected chi connectivity index (χ3v) is 19.4. The lowest BCUT2D eigenvalue weighted by molar-refractivity contribution is 0.953. The smallest absolute Gasteiger partial charge is 0.238 e. The molecule has 12 aromatic carbocycles. The Labute approximate surface area is 459 Å². The van der Waals surface area contributed by atoms with Gasteiger partial charge in [0.1, 0.15) is 0 Å². The van der Waals surface area contributed by atoms with Gasteiger partial charge in [0.25, 0.3) is 0 Å². The summed E-state index contributed by atoms with van der Waals surface area (Å²) in [5, 5.41) is 7.13. The number of hydrogen-bond donors (Lipinski definition) is 0. The lowest BCUT2D eigenvalue weighted by atomic mass is 9.99. The topological polar surface area (TPSA) is 48.5 Å². The lowest BCUT2D eigenvalue weighted by Gasteiger charge is -2.42. The van der Waals surface area contributed by atoms with Crippen LogP contribution < -0.4 is 0 Å². The molecule has 5 nitrogen and oxygen atoms in total. The van der Waals surface area contributed by atoms with Gasteiger partial charge in [0.2, 0.25) is 5.95 Å². The highest BCUT2D eigenvalue weighted by molar-refractivity contribution is 8.34. The van der Waals surface area contributed by atoms with Gasteiger partial charge < -0.3 is 4.57 Å². The maximum absolute atomic E-state index is 5.18. The van der Waals surface area contributed by atoms with Gasteiger partial charge in [-0.25, -0.2) is 4.98 Å². The molecular formula is C73H49N5S. The SMILES string of the molecule is c1ccc(-c2nc(-c3ccccc3)nc(-n3c4ccccc4c4cc(-c5ccc6c(c5)c5c7ccccc7ccc5n6-c5cccc(-c6cccc(S(c7ccccc7)(c7ccccc7)c7ccccc7)c6)c5)ccc43)n2)cc1. The van der Waals surface area contributed by atoms with Crippen LogP contribution >= 0.6 is 10.0 Å². The Morgan fingerprint density at radius 3 is 1.32 bits per heavy atom. The van der Waals surface area contributed by atoms with E-state index in [9.17, 15) is 0 Å². The quantitative estimate of drug-likeness (QED) is 0.137. The second-order valence-electron chi connectivity index (χ2n) is 20.0. The number of hydrogen-bond acceptors (Lipinski definition) is 3. The first-order valence-electron chi connectivity index (χ1n) is 26.7. The predicted molar refractivity (Wildman–Crippen MR) is 328 cm³/mol. The highest BCUT2D eigenvalue weighted by Crippen LogP contribution is 2.73. The molecule has 3 aromatic heterocycles. The minimum Gasteiger partial charge on any atom is -0.309 e. The van der Waals surface area contributed by atoms with Gasteiger partial charge in [0, 0.05) is 57.9 Å². The van der Waals surface area contributed by atoms with Crippen molar-refractivity contribution in [2.24, 2.45) is 0 Å². The van der Waals surface area contributed by atoms with Gasteiger partial charge >= 0.3 is 0 Å². The zero-order valence-electron chi connectivity index (χ0n) is 42.9. The average molecular weight is 1030 g/mol. The molecule has 0 saturated carbocycles. The summed E-state index contributed by atoms with van der Waals surface area (Å²) in [6, 6.07) is 108. The van der Waals surface area contributed by atoms with E-state index in [0.29, 0.717) is 17.6 Å². The Kier molecular flexibility index (Phi) is 11.2. The Morgan fingerprint density at radius 1 is 0.253 bits per heavy atom. The van der Waals surface area contributed by atoms with E-state index in [1.54, 1.807) is 0 Å². The van der Waals surface area contributed by atoms with Gasteiger partial charge in [-0.15, -0.1) is 10.0 Å². The van der Waals surface area contributed by atoms with E-state index in [0.717, 1.165) is 66.3 Å². The third-order valence-electron chi connectivity index (χ3n) is 15.5. The van der Waals surface area contributed by atoms with Crippen molar-refractivity contribution >= 4 is 64.4 Å². The van der Waals surface area contributed by atoms with Crippen LogP contribution in [0.15, 0.2) is 317 Å². The van der Waals surface area contributed by atoms with E-state index in [1.165, 1.54) is 46.7 Å². The Bertz CT molecular complexity index is 4610. The first kappa shape index (κ1) is 46.2. The Balaban J connectivity index is 0.877. The molecule has 0 spiro atoms. The molecule has 0 atom stereocenters. The summed E-state index contributed by atoms with van der Waals surface area (Å²) >= 11 is 0. The molecule has 0 aliphatic heterocycles. The summed E-state index contributed by atoms with van der Waals surface area (Å²) in [7, 11) is -1.87. The van der Waals surface area contributed by atoms with Gasteiger partial charge in [0.05, 0.1) is 22.1 Å². The molecule has 372 valence electrons. The molecule has 3 heterocycles. The molecule has 0 aliphatic rings. The molecule has 0 saturated heterocycles. The third kappa shape index (κ3) is 7.75. The molecule has 6 heteroatoms. The molecule has 0 N–H and O–H groups in total. The zero-order chi connectivity index (χ0) is 52.3. The molecule has 79 heavy (non-hydrogen) atoms. The zero-order valence-corrected chi connectivity index (χ0v) is 43.8. The molecule has 15 rings (SSSR count). The van der Waals surface area contributed by atoms with Gasteiger partial charge in [0.15, 0.2) is 11.6 Å². The van der Waals surface area contributed by atoms with Crippen molar-refractivity contribution < 1.29 is 0 Å². The fourth-order valence-electron chi connectivity index (χ4n) is 11.9. The summed E-state index contributed by atoms with van der Waals surface area (Å²) < 4.78 is 4.65. The van der Waals surface area contributed by atoms with Crippen molar-refractivity contribution in [2.45, 2.75) is 19.6 Å². The number of aromatic nitrogens is 5. The van der Waals surface area contributed by atoms with E-state index in [1.807, 2.05) is 36.4 Å². The lowest BCUT2D eigenvalue weighted by Crippen LogP contribution is -2.06. The molecule has 0 fully saturated rings. The minimum atomic E-state index is -1.87. The normalized spacial score (nSPS) is 12.0. The van der Waals surface area contributed by atoms with Crippen LogP contribution in [0.1, 0.15) is 0 Å². The monoisotopic (exact) mass is 1030 g/mol. The summed E-state index contributed by atoms with van der Waals surface area (Å²) in [6.07, 6.45) is 0. The van der Waals surface area contributed by atoms with Crippen LogP contribution in [0, 0.1) is 0 Å². The van der Waals surface area contributed by atoms with Crippen LogP contribution in [-0.2, 0) is 0 Å². The summed E-state index contributed by atoms with van der Waals surface area (Å²) in [4.78, 5) is 20.6. The molecule has 15 aromatic rings. The van der Waals surface area contributed by atoms with Gasteiger partial charge in [-0.3, -0.25) is 4.57 Å². The molecular weight excluding hydrogens is 979 g/mol. The Morgan fingerprint density at radius 2 is 0.696 bits per heavy atom. The van der Waals surface area contributed by atoms with Gasteiger partial charge in [-0.2, -0.15) is 9.97 Å². The maximum atomic E-state index is 5.18. The van der Waals surface area contributed by atoms with E-state index in [-0.39, 0.29) is 0 Å². The van der Waals surface area contributed by atoms with E-state index >= 15 is 0 Å². The fraction of sp³-hybridized carbons (Fsp3) is 0. The second-order valence-corrected chi connectivity index (χ2v) is 23.1. The number of fused-ring (bicyclic) bond motifs is 8. The van der Waals surface area contributed by atoms with Crippen molar-refractivity contribution in [2.75, 3.05) is 0 Å². The standard InChI is InChI=1S/C73H49N5S/c1-6-23-51(24-7-1)71-74-72(52-25-8-2-9-26-52)76-73(75-71)78-66-39-19-18-38-63(66)64-48-55(41-43-67(64)78)56-42-44-68-65(49-56)70-62-37-17-16-22-50(62)40-45-69(70)77(68)57-29-20-27-53(46-57)54-28-21-36-61(47-54)79(58-30-10-3-11-31-58,59-32-12-4-13-33-59)60-34-14-5-15-35-60/h1-49H. The molecule has 0 amide bonds. The fourth-order valence-corrected chi connectivity index (χ4v) is 15.8. The first-order chi connectivity index (χ1) is 39.2. The van der Waals surface area contributed by atoms with Crippen LogP contribution in [-0.4, -0.2) is 24.1 Å². The van der Waals surface area contributed by atoms with Crippen LogP contribution in [0.2, 0.25) is 0 Å². The second kappa shape index (κ2) is 19.2. The average Bonchev–Trinajstić information content (AvgIpc) is 4.25. The van der Waals surface area contributed by atoms with Crippen molar-refractivity contribution in [1.29, 1.82) is 0 Å². The summed E-state index contributed by atoms with van der Waals surface area (Å²) in [5.74, 6) is 1.83. The number of rotatable bonds is 10. The van der Waals surface area contributed by atoms with Crippen molar-refractivity contribution in [1.82, 2.24) is 24.1 Å². The highest BCUT2D eigenvalue weighted by atomic mass is 32.3. The van der Waals surface area contributed by atoms with Crippen molar-refractivity contribution in [3.63, 3.8) is 0 Å². The van der Waals surface area contributed by atoms with E-state index < -0.39 is 10.0 Å². The molecule has 0 unspecified atom stereocenters. The summed E-state index contributed by atoms with van der Waals surface area (Å²) in [5.41, 5.74) is 11.9. The van der Waals surface area contributed by atoms with Crippen LogP contribution in [0.3, 0.4) is 0 Å². The van der Waals surface area contributed by atoms with Crippen molar-refractivity contribution in [3.8, 4) is 56.7 Å². The molecule has 0 radical (unpaired) electrons. The van der Waals surface area contributed by atoms with Gasteiger partial charge in [-0.1, -0.05) is 200 Å². The van der Waals surface area contributed by atoms with Gasteiger partial charge in [-0.05, 0) is 130 Å². The summed E-state index contributed by atoms with van der Waals surface area (Å²) in [6.45, 7) is 0. The largest absolute Gasteiger partial charge is 0.309 e.